The molecule has 2 heterocycles. The minimum Gasteiger partial charge on any atom is -0.478 e. The van der Waals surface area contributed by atoms with E-state index in [0.29, 0.717) is 43.1 Å². The number of carboxylic acid groups (broad SMARTS) is 2. The number of rotatable bonds is 16. The molecule has 2 N–H and O–H groups in total. The van der Waals surface area contributed by atoms with E-state index in [4.69, 9.17) is 19.7 Å². The summed E-state index contributed by atoms with van der Waals surface area (Å²) in [6.07, 6.45) is 11.0. The molecule has 0 aliphatic carbocycles. The number of halogens is 2. The molecule has 4 aromatic rings. The van der Waals surface area contributed by atoms with Gasteiger partial charge in [-0.3, -0.25) is 0 Å². The molecule has 6 rings (SSSR count). The lowest BCUT2D eigenvalue weighted by atomic mass is 9.81. The van der Waals surface area contributed by atoms with Crippen molar-refractivity contribution in [1.29, 1.82) is 0 Å². The zero-order chi connectivity index (χ0) is 46.7. The highest BCUT2D eigenvalue weighted by atomic mass is 127. The van der Waals surface area contributed by atoms with Crippen molar-refractivity contribution in [3.8, 4) is 11.5 Å². The Morgan fingerprint density at radius 3 is 1.30 bits per heavy atom. The van der Waals surface area contributed by atoms with Crippen LogP contribution < -0.4 is 19.3 Å². The molecule has 0 saturated carbocycles. The summed E-state index contributed by atoms with van der Waals surface area (Å²) in [5.74, 6) is -1.51. The van der Waals surface area contributed by atoms with Gasteiger partial charge in [0.1, 0.15) is 11.5 Å². The fraction of sp³-hybridized carbons (Fsp3) is 0.375. The third-order valence-electron chi connectivity index (χ3n) is 11.8. The van der Waals surface area contributed by atoms with E-state index in [1.807, 2.05) is 72.8 Å². The Bertz CT molecular complexity index is 2380. The Labute approximate surface area is 404 Å². The van der Waals surface area contributed by atoms with E-state index in [1.54, 1.807) is 0 Å². The SMILES string of the molecule is CCCC[C@@]1(CC)CN(c2ccccc2)c2cc(I)c(O/C=C/C(=O)O)cc2S(=O)(=O)C1.CCCC[C@]1(CC)CN(c2ccccc2)c2cc(I)c(O/C=C/C(=O)O)cc2S(=O)(=O)C1. The van der Waals surface area contributed by atoms with Gasteiger partial charge in [0, 0.05) is 47.4 Å². The summed E-state index contributed by atoms with van der Waals surface area (Å²) in [7, 11) is -7.23. The van der Waals surface area contributed by atoms with Crippen LogP contribution in [-0.2, 0) is 29.3 Å². The van der Waals surface area contributed by atoms with E-state index >= 15 is 0 Å². The quantitative estimate of drug-likeness (QED) is 0.0620. The summed E-state index contributed by atoms with van der Waals surface area (Å²) in [6, 6.07) is 26.4. The predicted octanol–water partition coefficient (Wildman–Crippen LogP) is 11.6. The summed E-state index contributed by atoms with van der Waals surface area (Å²) in [6.45, 7) is 9.59. The van der Waals surface area contributed by atoms with Crippen LogP contribution in [0, 0.1) is 18.0 Å². The number of anilines is 4. The number of carboxylic acids is 2. The Balaban J connectivity index is 0.000000241. The van der Waals surface area contributed by atoms with E-state index in [-0.39, 0.29) is 32.1 Å². The smallest absolute Gasteiger partial charge is 0.331 e. The molecule has 0 radical (unpaired) electrons. The largest absolute Gasteiger partial charge is 0.478 e. The van der Waals surface area contributed by atoms with Crippen molar-refractivity contribution in [2.24, 2.45) is 10.8 Å². The molecule has 2 aliphatic heterocycles. The van der Waals surface area contributed by atoms with Crippen LogP contribution in [0.1, 0.15) is 79.1 Å². The fourth-order valence-corrected chi connectivity index (χ4v) is 13.7. The molecule has 0 unspecified atom stereocenters. The number of sulfone groups is 2. The van der Waals surface area contributed by atoms with Crippen LogP contribution in [0.3, 0.4) is 0 Å². The Kier molecular flexibility index (Phi) is 17.8. The van der Waals surface area contributed by atoms with Crippen LogP contribution in [-0.4, -0.2) is 63.6 Å². The van der Waals surface area contributed by atoms with Gasteiger partial charge >= 0.3 is 11.9 Å². The first kappa shape index (κ1) is 50.9. The van der Waals surface area contributed by atoms with Gasteiger partial charge in [-0.1, -0.05) is 89.8 Å². The highest BCUT2D eigenvalue weighted by Crippen LogP contribution is 2.48. The second-order valence-corrected chi connectivity index (χ2v) is 22.5. The molecule has 0 spiro atoms. The predicted molar refractivity (Wildman–Crippen MR) is 269 cm³/mol. The van der Waals surface area contributed by atoms with Gasteiger partial charge in [-0.25, -0.2) is 26.4 Å². The second-order valence-electron chi connectivity index (χ2n) is 16.3. The van der Waals surface area contributed by atoms with Crippen molar-refractivity contribution in [2.45, 2.75) is 88.9 Å². The van der Waals surface area contributed by atoms with Crippen LogP contribution in [0.4, 0.5) is 22.7 Å². The highest BCUT2D eigenvalue weighted by Gasteiger charge is 2.43. The number of benzene rings is 4. The van der Waals surface area contributed by atoms with Crippen molar-refractivity contribution in [3.63, 3.8) is 0 Å². The molecular weight excluding hydrogens is 1080 g/mol. The summed E-state index contributed by atoms with van der Waals surface area (Å²) < 4.78 is 67.0. The molecule has 0 bridgehead atoms. The van der Waals surface area contributed by atoms with Crippen molar-refractivity contribution in [1.82, 2.24) is 0 Å². The average molecular weight is 1140 g/mol. The first-order valence-corrected chi connectivity index (χ1v) is 26.8. The van der Waals surface area contributed by atoms with E-state index in [0.717, 1.165) is 87.4 Å². The number of fused-ring (bicyclic) bond motifs is 2. The van der Waals surface area contributed by atoms with Gasteiger partial charge in [0.2, 0.25) is 0 Å². The Morgan fingerprint density at radius 1 is 0.625 bits per heavy atom. The van der Waals surface area contributed by atoms with Gasteiger partial charge in [-0.15, -0.1) is 0 Å². The molecule has 2 aliphatic rings. The van der Waals surface area contributed by atoms with Crippen LogP contribution in [0.5, 0.6) is 11.5 Å². The molecule has 2 atom stereocenters. The minimum atomic E-state index is -3.62. The lowest BCUT2D eigenvalue weighted by Crippen LogP contribution is -2.37. The molecule has 4 aromatic carbocycles. The topological polar surface area (TPSA) is 168 Å². The van der Waals surface area contributed by atoms with Crippen LogP contribution in [0.25, 0.3) is 0 Å². The van der Waals surface area contributed by atoms with Crippen molar-refractivity contribution < 1.29 is 46.1 Å². The monoisotopic (exact) mass is 1140 g/mol. The van der Waals surface area contributed by atoms with Gasteiger partial charge in [-0.2, -0.15) is 0 Å². The number of ether oxygens (including phenoxy) is 2. The normalized spacial score (nSPS) is 20.0. The number of nitrogens with zero attached hydrogens (tertiary/aromatic N) is 2. The van der Waals surface area contributed by atoms with Crippen LogP contribution in [0.15, 0.2) is 119 Å². The summed E-state index contributed by atoms with van der Waals surface area (Å²) in [5.41, 5.74) is 2.38. The number of hydrogen-bond donors (Lipinski definition) is 2. The van der Waals surface area contributed by atoms with Crippen molar-refractivity contribution >= 4 is 99.5 Å². The fourth-order valence-electron chi connectivity index (χ4n) is 8.24. The van der Waals surface area contributed by atoms with E-state index in [9.17, 15) is 26.4 Å². The van der Waals surface area contributed by atoms with Crippen molar-refractivity contribution in [2.75, 3.05) is 34.4 Å². The number of carbonyl (C=O) groups is 2. The number of aliphatic carboxylic acids is 2. The van der Waals surface area contributed by atoms with E-state index in [1.165, 1.54) is 12.1 Å². The highest BCUT2D eigenvalue weighted by molar-refractivity contribution is 14.1. The molecule has 0 aromatic heterocycles. The Hall–Kier alpha value is -4.14. The number of para-hydroxylation sites is 2. The van der Waals surface area contributed by atoms with E-state index in [2.05, 4.69) is 82.7 Å². The first-order chi connectivity index (χ1) is 30.4. The maximum atomic E-state index is 13.7. The molecule has 12 nitrogen and oxygen atoms in total. The Morgan fingerprint density at radius 2 is 0.984 bits per heavy atom. The van der Waals surface area contributed by atoms with Gasteiger partial charge in [0.15, 0.2) is 19.7 Å². The third-order valence-corrected chi connectivity index (χ3v) is 17.5. The maximum Gasteiger partial charge on any atom is 0.331 e. The van der Waals surface area contributed by atoms with E-state index < -0.39 is 31.6 Å². The lowest BCUT2D eigenvalue weighted by molar-refractivity contribution is -0.132. The third kappa shape index (κ3) is 12.6. The first-order valence-electron chi connectivity index (χ1n) is 21.3. The summed E-state index contributed by atoms with van der Waals surface area (Å²) in [5, 5.41) is 17.6. The standard InChI is InChI=1S/2C24H28INO5S/c2*1-3-5-12-24(4-2)16-26(18-9-7-6-8-10-18)20-14-19(25)21(31-13-11-23(27)28)15-22(20)32(29,30)17-24/h2*6-11,13-15H,3-5,12,16-17H2,1-2H3,(H,27,28)/b2*13-11+/t2*24-/m10/s1. The molecule has 0 amide bonds. The van der Waals surface area contributed by atoms with Crippen LogP contribution in [0.2, 0.25) is 0 Å². The molecule has 0 fully saturated rings. The zero-order valence-corrected chi connectivity index (χ0v) is 42.5. The van der Waals surface area contributed by atoms with Gasteiger partial charge in [0.25, 0.3) is 0 Å². The number of unbranched alkanes of at least 4 members (excludes halogenated alkanes) is 2. The van der Waals surface area contributed by atoms with Crippen molar-refractivity contribution in [3.05, 3.63) is 117 Å². The van der Waals surface area contributed by atoms with Gasteiger partial charge in [-0.05, 0) is 107 Å². The van der Waals surface area contributed by atoms with Crippen LogP contribution >= 0.6 is 45.2 Å². The van der Waals surface area contributed by atoms with Gasteiger partial charge < -0.3 is 29.5 Å². The molecule has 64 heavy (non-hydrogen) atoms. The summed E-state index contributed by atoms with van der Waals surface area (Å²) >= 11 is 4.18. The summed E-state index contributed by atoms with van der Waals surface area (Å²) in [4.78, 5) is 26.2. The number of hydrogen-bond acceptors (Lipinski definition) is 10. The maximum absolute atomic E-state index is 13.7. The zero-order valence-electron chi connectivity index (χ0n) is 36.5. The average Bonchev–Trinajstić information content (AvgIpc) is 3.42. The minimum absolute atomic E-state index is 0.0673. The lowest BCUT2D eigenvalue weighted by Gasteiger charge is -2.36. The molecule has 16 heteroatoms. The molecule has 344 valence electrons. The van der Waals surface area contributed by atoms with Gasteiger partial charge in [0.05, 0.1) is 64.5 Å². The molecular formula is C48H56I2N2O10S2. The molecule has 0 saturated heterocycles. The second kappa shape index (κ2) is 22.4.